The Kier molecular flexibility index (Phi) is 8.79. The molecule has 2 aliphatic heterocycles. The summed E-state index contributed by atoms with van der Waals surface area (Å²) < 4.78 is 23.0. The molecule has 4 heteroatoms. The number of benzene rings is 2. The van der Waals surface area contributed by atoms with Gasteiger partial charge in [-0.15, -0.1) is 0 Å². The summed E-state index contributed by atoms with van der Waals surface area (Å²) in [6, 6.07) is 17.0. The van der Waals surface area contributed by atoms with Crippen LogP contribution in [0, 0.1) is 0 Å². The van der Waals surface area contributed by atoms with Crippen molar-refractivity contribution in [2.24, 2.45) is 0 Å². The van der Waals surface area contributed by atoms with Crippen molar-refractivity contribution in [3.63, 3.8) is 0 Å². The van der Waals surface area contributed by atoms with Crippen molar-refractivity contribution in [1.82, 2.24) is 0 Å². The molecule has 3 atom stereocenters. The minimum absolute atomic E-state index is 0.169. The van der Waals surface area contributed by atoms with E-state index in [9.17, 15) is 0 Å². The molecule has 0 amide bonds. The van der Waals surface area contributed by atoms with Gasteiger partial charge in [-0.2, -0.15) is 0 Å². The summed E-state index contributed by atoms with van der Waals surface area (Å²) in [5.74, 6) is 1.87. The molecule has 0 spiro atoms. The molecule has 36 heavy (non-hydrogen) atoms. The van der Waals surface area contributed by atoms with Crippen molar-refractivity contribution >= 4 is 11.1 Å². The third kappa shape index (κ3) is 7.47. The van der Waals surface area contributed by atoms with Gasteiger partial charge in [-0.05, 0) is 72.2 Å². The third-order valence-corrected chi connectivity index (χ3v) is 7.32. The SMILES string of the molecule is CCCCCCCCC(Oc1cccc(C2=CC=C(c3ccc(OCC4CO4)cc3)CC2)c1)C1CO1. The maximum absolute atomic E-state index is 6.45. The summed E-state index contributed by atoms with van der Waals surface area (Å²) >= 11 is 0. The predicted octanol–water partition coefficient (Wildman–Crippen LogP) is 7.62. The van der Waals surface area contributed by atoms with E-state index < -0.39 is 0 Å². The Labute approximate surface area is 216 Å². The molecule has 2 heterocycles. The fraction of sp³-hybridized carbons (Fsp3) is 0.500. The van der Waals surface area contributed by atoms with E-state index >= 15 is 0 Å². The zero-order valence-corrected chi connectivity index (χ0v) is 21.6. The van der Waals surface area contributed by atoms with Gasteiger partial charge in [0.2, 0.25) is 0 Å². The number of epoxide rings is 2. The van der Waals surface area contributed by atoms with Crippen LogP contribution >= 0.6 is 0 Å². The second kappa shape index (κ2) is 12.6. The second-order valence-corrected chi connectivity index (χ2v) is 10.3. The number of hydrogen-bond donors (Lipinski definition) is 0. The van der Waals surface area contributed by atoms with Crippen molar-refractivity contribution in [3.8, 4) is 11.5 Å². The van der Waals surface area contributed by atoms with Crippen molar-refractivity contribution < 1.29 is 18.9 Å². The second-order valence-electron chi connectivity index (χ2n) is 10.3. The van der Waals surface area contributed by atoms with E-state index in [1.54, 1.807) is 0 Å². The van der Waals surface area contributed by atoms with Crippen LogP contribution in [-0.4, -0.2) is 38.1 Å². The Morgan fingerprint density at radius 2 is 1.53 bits per heavy atom. The standard InChI is InChI=1S/C32H40O4/c1-2-3-4-5-6-7-11-31(32-23-35-32)36-29-10-8-9-27(20-29)26-14-12-24(13-15-26)25-16-18-28(19-17-25)33-21-30-22-34-30/h8-10,12,14,16-20,30-32H,2-7,11,13,15,21-23H2,1H3. The molecular weight excluding hydrogens is 448 g/mol. The highest BCUT2D eigenvalue weighted by atomic mass is 16.6. The van der Waals surface area contributed by atoms with E-state index in [2.05, 4.69) is 67.6 Å². The Hall–Kier alpha value is -2.56. The van der Waals surface area contributed by atoms with Gasteiger partial charge in [-0.25, -0.2) is 0 Å². The summed E-state index contributed by atoms with van der Waals surface area (Å²) in [4.78, 5) is 0. The first-order valence-electron chi connectivity index (χ1n) is 13.9. The first-order valence-corrected chi connectivity index (χ1v) is 13.9. The van der Waals surface area contributed by atoms with E-state index in [4.69, 9.17) is 18.9 Å². The summed E-state index contributed by atoms with van der Waals surface area (Å²) in [6.07, 6.45) is 16.2. The highest BCUT2D eigenvalue weighted by molar-refractivity contribution is 5.78. The van der Waals surface area contributed by atoms with Crippen LogP contribution in [-0.2, 0) is 9.47 Å². The monoisotopic (exact) mass is 488 g/mol. The molecule has 2 aromatic carbocycles. The lowest BCUT2D eigenvalue weighted by molar-refractivity contribution is 0.147. The van der Waals surface area contributed by atoms with Crippen LogP contribution < -0.4 is 9.47 Å². The molecule has 192 valence electrons. The number of unbranched alkanes of at least 4 members (excludes halogenated alkanes) is 5. The van der Waals surface area contributed by atoms with Gasteiger partial charge in [0.15, 0.2) is 0 Å². The van der Waals surface area contributed by atoms with Crippen LogP contribution in [0.15, 0.2) is 60.7 Å². The molecule has 2 aromatic rings. The molecule has 0 bridgehead atoms. The maximum Gasteiger partial charge on any atom is 0.127 e. The molecule has 0 saturated carbocycles. The quantitative estimate of drug-likeness (QED) is 0.191. The lowest BCUT2D eigenvalue weighted by Gasteiger charge is -2.19. The van der Waals surface area contributed by atoms with Crippen molar-refractivity contribution in [2.75, 3.05) is 19.8 Å². The molecule has 0 radical (unpaired) electrons. The predicted molar refractivity (Wildman–Crippen MR) is 145 cm³/mol. The minimum atomic E-state index is 0.169. The van der Waals surface area contributed by atoms with Gasteiger partial charge < -0.3 is 18.9 Å². The van der Waals surface area contributed by atoms with E-state index in [0.717, 1.165) is 44.0 Å². The van der Waals surface area contributed by atoms with Crippen LogP contribution in [0.25, 0.3) is 11.1 Å². The minimum Gasteiger partial charge on any atom is -0.491 e. The fourth-order valence-electron chi connectivity index (χ4n) is 4.90. The first kappa shape index (κ1) is 25.1. The summed E-state index contributed by atoms with van der Waals surface area (Å²) in [5, 5.41) is 0. The molecule has 2 fully saturated rings. The van der Waals surface area contributed by atoms with Crippen LogP contribution in [0.4, 0.5) is 0 Å². The summed E-state index contributed by atoms with van der Waals surface area (Å²) in [7, 11) is 0. The van der Waals surface area contributed by atoms with Gasteiger partial charge in [0.05, 0.1) is 13.2 Å². The first-order chi connectivity index (χ1) is 17.8. The molecule has 0 N–H and O–H groups in total. The fourth-order valence-corrected chi connectivity index (χ4v) is 4.90. The summed E-state index contributed by atoms with van der Waals surface area (Å²) in [5.41, 5.74) is 5.25. The van der Waals surface area contributed by atoms with Gasteiger partial charge in [-0.1, -0.05) is 75.4 Å². The molecule has 3 aliphatic rings. The number of rotatable bonds is 15. The topological polar surface area (TPSA) is 43.5 Å². The molecular formula is C32H40O4. The van der Waals surface area contributed by atoms with Crippen molar-refractivity contribution in [1.29, 1.82) is 0 Å². The normalized spacial score (nSPS) is 21.4. The van der Waals surface area contributed by atoms with Crippen LogP contribution in [0.5, 0.6) is 11.5 Å². The Balaban J connectivity index is 1.16. The van der Waals surface area contributed by atoms with Crippen LogP contribution in [0.3, 0.4) is 0 Å². The smallest absolute Gasteiger partial charge is 0.127 e. The lowest BCUT2D eigenvalue weighted by atomic mass is 9.90. The largest absolute Gasteiger partial charge is 0.491 e. The number of hydrogen-bond acceptors (Lipinski definition) is 4. The lowest BCUT2D eigenvalue weighted by Crippen LogP contribution is -2.23. The highest BCUT2D eigenvalue weighted by Crippen LogP contribution is 2.34. The average molecular weight is 489 g/mol. The maximum atomic E-state index is 6.45. The molecule has 2 saturated heterocycles. The van der Waals surface area contributed by atoms with Crippen molar-refractivity contribution in [2.45, 2.75) is 83.0 Å². The van der Waals surface area contributed by atoms with E-state index in [-0.39, 0.29) is 18.3 Å². The van der Waals surface area contributed by atoms with Gasteiger partial charge in [0.25, 0.3) is 0 Å². The van der Waals surface area contributed by atoms with Gasteiger partial charge in [0, 0.05) is 0 Å². The Morgan fingerprint density at radius 1 is 0.806 bits per heavy atom. The Morgan fingerprint density at radius 3 is 2.22 bits per heavy atom. The molecule has 4 nitrogen and oxygen atoms in total. The zero-order valence-electron chi connectivity index (χ0n) is 21.6. The van der Waals surface area contributed by atoms with Gasteiger partial charge in [0.1, 0.15) is 36.4 Å². The van der Waals surface area contributed by atoms with E-state index in [1.165, 1.54) is 60.8 Å². The van der Waals surface area contributed by atoms with Crippen molar-refractivity contribution in [3.05, 3.63) is 71.8 Å². The third-order valence-electron chi connectivity index (χ3n) is 7.32. The number of ether oxygens (including phenoxy) is 4. The molecule has 3 unspecified atom stereocenters. The Bertz CT molecular complexity index is 1030. The van der Waals surface area contributed by atoms with Gasteiger partial charge >= 0.3 is 0 Å². The molecule has 0 aromatic heterocycles. The summed E-state index contributed by atoms with van der Waals surface area (Å²) in [6.45, 7) is 4.57. The van der Waals surface area contributed by atoms with E-state index in [1.807, 2.05) is 0 Å². The van der Waals surface area contributed by atoms with Crippen LogP contribution in [0.2, 0.25) is 0 Å². The van der Waals surface area contributed by atoms with E-state index in [0.29, 0.717) is 6.61 Å². The zero-order chi connectivity index (χ0) is 24.6. The average Bonchev–Trinajstić information content (AvgIpc) is 3.84. The molecule has 5 rings (SSSR count). The number of allylic oxidation sites excluding steroid dienone is 4. The van der Waals surface area contributed by atoms with Crippen LogP contribution in [0.1, 0.15) is 75.8 Å². The van der Waals surface area contributed by atoms with Gasteiger partial charge in [-0.3, -0.25) is 0 Å². The molecule has 1 aliphatic carbocycles. The highest BCUT2D eigenvalue weighted by Gasteiger charge is 2.34.